The second-order valence-corrected chi connectivity index (χ2v) is 11.4. The van der Waals surface area contributed by atoms with Crippen molar-refractivity contribution >= 4 is 11.6 Å². The summed E-state index contributed by atoms with van der Waals surface area (Å²) in [5.74, 6) is 1.82. The van der Waals surface area contributed by atoms with Gasteiger partial charge in [0, 0.05) is 17.1 Å². The van der Waals surface area contributed by atoms with Crippen molar-refractivity contribution in [2.24, 2.45) is 17.3 Å². The quantitative estimate of drug-likeness (QED) is 0.499. The van der Waals surface area contributed by atoms with Crippen LogP contribution in [0.1, 0.15) is 69.9 Å². The predicted octanol–water partition coefficient (Wildman–Crippen LogP) is 7.18. The molecular weight excluding hydrogens is 386 g/mol. The van der Waals surface area contributed by atoms with E-state index in [4.69, 9.17) is 11.6 Å². The van der Waals surface area contributed by atoms with Crippen molar-refractivity contribution in [3.63, 3.8) is 0 Å². The fourth-order valence-electron chi connectivity index (χ4n) is 7.70. The summed E-state index contributed by atoms with van der Waals surface area (Å²) >= 11 is 6.22. The van der Waals surface area contributed by atoms with Gasteiger partial charge in [-0.1, -0.05) is 54.1 Å². The zero-order valence-corrected chi connectivity index (χ0v) is 19.3. The molecule has 4 atom stereocenters. The van der Waals surface area contributed by atoms with Crippen molar-refractivity contribution in [3.05, 3.63) is 70.7 Å². The molecule has 160 valence electrons. The highest BCUT2D eigenvalue weighted by atomic mass is 35.5. The number of hydrogen-bond acceptors (Lipinski definition) is 1. The van der Waals surface area contributed by atoms with E-state index < -0.39 is 0 Å². The molecule has 2 heteroatoms. The summed E-state index contributed by atoms with van der Waals surface area (Å²) in [5.41, 5.74) is 3.85. The topological polar surface area (TPSA) is 12.0 Å². The number of rotatable bonds is 7. The summed E-state index contributed by atoms with van der Waals surface area (Å²) < 4.78 is 0. The highest BCUT2D eigenvalue weighted by molar-refractivity contribution is 6.30. The van der Waals surface area contributed by atoms with E-state index in [0.717, 1.165) is 23.3 Å². The molecule has 30 heavy (non-hydrogen) atoms. The minimum Gasteiger partial charge on any atom is -0.311 e. The zero-order chi connectivity index (χ0) is 20.8. The van der Waals surface area contributed by atoms with Crippen LogP contribution in [0.25, 0.3) is 0 Å². The van der Waals surface area contributed by atoms with E-state index in [9.17, 15) is 0 Å². The van der Waals surface area contributed by atoms with Crippen LogP contribution in [0.2, 0.25) is 5.02 Å². The highest BCUT2D eigenvalue weighted by Gasteiger charge is 2.59. The molecule has 0 amide bonds. The summed E-state index contributed by atoms with van der Waals surface area (Å²) in [6.07, 6.45) is 10.8. The number of benzene rings is 2. The Balaban J connectivity index is 1.30. The van der Waals surface area contributed by atoms with Crippen molar-refractivity contribution in [2.75, 3.05) is 0 Å². The second-order valence-electron chi connectivity index (χ2n) is 10.9. The lowest BCUT2D eigenvalue weighted by molar-refractivity contribution is -0.0894. The summed E-state index contributed by atoms with van der Waals surface area (Å²) in [6, 6.07) is 20.9. The minimum absolute atomic E-state index is 0.387. The van der Waals surface area contributed by atoms with E-state index in [1.165, 1.54) is 50.5 Å². The van der Waals surface area contributed by atoms with E-state index in [1.54, 1.807) is 5.56 Å². The van der Waals surface area contributed by atoms with Crippen molar-refractivity contribution in [2.45, 2.75) is 82.7 Å². The van der Waals surface area contributed by atoms with E-state index in [0.29, 0.717) is 22.9 Å². The maximum atomic E-state index is 6.22. The molecule has 0 saturated heterocycles. The van der Waals surface area contributed by atoms with Crippen LogP contribution in [0.4, 0.5) is 0 Å². The summed E-state index contributed by atoms with van der Waals surface area (Å²) in [7, 11) is 0. The molecule has 0 radical (unpaired) electrons. The standard InChI is InChI=1S/C28H36ClN/c1-20(8-9-22-6-4-3-5-7-22)30-21(2)27-15-23-14-24(16-27)18-28(17-23,19-27)25-10-12-26(29)13-11-25/h3-7,10-13,20-21,23-24,30H,8-9,14-19H2,1-2H3/t20-,21-,23+,24+,27?,28?/m0/s1. The molecule has 4 saturated carbocycles. The van der Waals surface area contributed by atoms with Crippen LogP contribution in [-0.2, 0) is 11.8 Å². The number of hydrogen-bond donors (Lipinski definition) is 1. The van der Waals surface area contributed by atoms with Crippen LogP contribution in [0.15, 0.2) is 54.6 Å². The fourth-order valence-corrected chi connectivity index (χ4v) is 7.82. The SMILES string of the molecule is C[C@H](N[C@@H](C)CCc1ccccc1)C12C[C@H]3C[C@@H](CC(c4ccc(Cl)cc4)(C3)C1)C2. The van der Waals surface area contributed by atoms with Crippen LogP contribution in [0.5, 0.6) is 0 Å². The third-order valence-corrected chi connectivity index (χ3v) is 8.98. The molecule has 0 aromatic heterocycles. The van der Waals surface area contributed by atoms with E-state index >= 15 is 0 Å². The minimum atomic E-state index is 0.387. The molecule has 2 aromatic carbocycles. The lowest BCUT2D eigenvalue weighted by Crippen LogP contribution is -2.60. The Hall–Kier alpha value is -1.31. The zero-order valence-electron chi connectivity index (χ0n) is 18.5. The number of nitrogens with one attached hydrogen (secondary N) is 1. The number of halogens is 1. The van der Waals surface area contributed by atoms with Gasteiger partial charge in [-0.2, -0.15) is 0 Å². The van der Waals surface area contributed by atoms with Gasteiger partial charge in [-0.05, 0) is 111 Å². The molecule has 0 unspecified atom stereocenters. The first-order valence-corrected chi connectivity index (χ1v) is 12.4. The molecule has 4 bridgehead atoms. The van der Waals surface area contributed by atoms with E-state index in [2.05, 4.69) is 73.8 Å². The first kappa shape index (κ1) is 20.6. The Bertz CT molecular complexity index is 844. The predicted molar refractivity (Wildman–Crippen MR) is 127 cm³/mol. The van der Waals surface area contributed by atoms with Gasteiger partial charge in [-0.3, -0.25) is 0 Å². The third kappa shape index (κ3) is 3.84. The summed E-state index contributed by atoms with van der Waals surface area (Å²) in [4.78, 5) is 0. The summed E-state index contributed by atoms with van der Waals surface area (Å²) in [6.45, 7) is 4.87. The lowest BCUT2D eigenvalue weighted by atomic mass is 9.41. The van der Waals surface area contributed by atoms with Crippen LogP contribution in [-0.4, -0.2) is 12.1 Å². The molecule has 1 nitrogen and oxygen atoms in total. The lowest BCUT2D eigenvalue weighted by Gasteiger charge is -2.64. The smallest absolute Gasteiger partial charge is 0.0406 e. The molecule has 0 spiro atoms. The summed E-state index contributed by atoms with van der Waals surface area (Å²) in [5, 5.41) is 4.93. The molecular formula is C28H36ClN. The van der Waals surface area contributed by atoms with Gasteiger partial charge < -0.3 is 5.32 Å². The van der Waals surface area contributed by atoms with Crippen LogP contribution >= 0.6 is 11.6 Å². The molecule has 4 fully saturated rings. The largest absolute Gasteiger partial charge is 0.311 e. The maximum absolute atomic E-state index is 6.22. The van der Waals surface area contributed by atoms with Gasteiger partial charge in [-0.15, -0.1) is 0 Å². The molecule has 1 N–H and O–H groups in total. The number of aryl methyl sites for hydroxylation is 1. The van der Waals surface area contributed by atoms with Gasteiger partial charge in [-0.25, -0.2) is 0 Å². The van der Waals surface area contributed by atoms with E-state index in [1.807, 2.05) is 0 Å². The average molecular weight is 422 g/mol. The average Bonchev–Trinajstić information content (AvgIpc) is 2.72. The van der Waals surface area contributed by atoms with Gasteiger partial charge in [0.25, 0.3) is 0 Å². The van der Waals surface area contributed by atoms with Gasteiger partial charge in [0.1, 0.15) is 0 Å². The van der Waals surface area contributed by atoms with Gasteiger partial charge in [0.2, 0.25) is 0 Å². The van der Waals surface area contributed by atoms with Crippen LogP contribution < -0.4 is 5.32 Å². The van der Waals surface area contributed by atoms with E-state index in [-0.39, 0.29) is 0 Å². The van der Waals surface area contributed by atoms with Crippen molar-refractivity contribution in [1.29, 1.82) is 0 Å². The first-order valence-electron chi connectivity index (χ1n) is 12.0. The van der Waals surface area contributed by atoms with Crippen molar-refractivity contribution in [1.82, 2.24) is 5.32 Å². The molecule has 4 aliphatic rings. The monoisotopic (exact) mass is 421 g/mol. The Kier molecular flexibility index (Phi) is 5.48. The van der Waals surface area contributed by atoms with Gasteiger partial charge >= 0.3 is 0 Å². The molecule has 0 heterocycles. The van der Waals surface area contributed by atoms with Crippen molar-refractivity contribution < 1.29 is 0 Å². The Morgan fingerprint density at radius 2 is 1.60 bits per heavy atom. The first-order chi connectivity index (χ1) is 14.5. The molecule has 2 aromatic rings. The van der Waals surface area contributed by atoms with Crippen LogP contribution in [0.3, 0.4) is 0 Å². The maximum Gasteiger partial charge on any atom is 0.0406 e. The highest BCUT2D eigenvalue weighted by Crippen LogP contribution is 2.66. The third-order valence-electron chi connectivity index (χ3n) is 8.72. The fraction of sp³-hybridized carbons (Fsp3) is 0.571. The molecule has 6 rings (SSSR count). The Morgan fingerprint density at radius 1 is 0.933 bits per heavy atom. The van der Waals surface area contributed by atoms with Gasteiger partial charge in [0.05, 0.1) is 0 Å². The Morgan fingerprint density at radius 3 is 2.27 bits per heavy atom. The van der Waals surface area contributed by atoms with Crippen LogP contribution in [0, 0.1) is 17.3 Å². The second kappa shape index (κ2) is 7.99. The molecule has 4 aliphatic carbocycles. The van der Waals surface area contributed by atoms with Gasteiger partial charge in [0.15, 0.2) is 0 Å². The molecule has 0 aliphatic heterocycles. The Labute approximate surface area is 187 Å². The van der Waals surface area contributed by atoms with Crippen molar-refractivity contribution in [3.8, 4) is 0 Å². The normalized spacial score (nSPS) is 34.1.